The number of ether oxygens (including phenoxy) is 1. The SMILES string of the molecule is CC1CC(O)(Cc2cncc(Br)c2)CCO1. The Labute approximate surface area is 104 Å². The minimum atomic E-state index is -0.639. The molecule has 0 aliphatic carbocycles. The second-order valence-electron chi connectivity index (χ2n) is 4.55. The molecule has 1 aromatic rings. The fourth-order valence-electron chi connectivity index (χ4n) is 2.24. The molecule has 2 unspecified atom stereocenters. The van der Waals surface area contributed by atoms with Crippen LogP contribution < -0.4 is 0 Å². The first-order valence-corrected chi connectivity index (χ1v) is 6.30. The number of aliphatic hydroxyl groups is 1. The average molecular weight is 286 g/mol. The van der Waals surface area contributed by atoms with Crippen molar-refractivity contribution in [1.82, 2.24) is 4.98 Å². The number of hydrogen-bond donors (Lipinski definition) is 1. The van der Waals surface area contributed by atoms with Crippen molar-refractivity contribution < 1.29 is 9.84 Å². The molecule has 0 spiro atoms. The van der Waals surface area contributed by atoms with E-state index in [4.69, 9.17) is 4.74 Å². The highest BCUT2D eigenvalue weighted by atomic mass is 79.9. The first-order chi connectivity index (χ1) is 7.57. The maximum absolute atomic E-state index is 10.5. The monoisotopic (exact) mass is 285 g/mol. The molecule has 1 aliphatic heterocycles. The van der Waals surface area contributed by atoms with E-state index in [1.54, 1.807) is 6.20 Å². The summed E-state index contributed by atoms with van der Waals surface area (Å²) in [5, 5.41) is 10.5. The van der Waals surface area contributed by atoms with Crippen molar-refractivity contribution >= 4 is 15.9 Å². The number of halogens is 1. The van der Waals surface area contributed by atoms with Crippen LogP contribution in [-0.4, -0.2) is 28.4 Å². The molecule has 0 aromatic carbocycles. The highest BCUT2D eigenvalue weighted by Crippen LogP contribution is 2.28. The molecule has 1 aliphatic rings. The Bertz CT molecular complexity index is 372. The predicted molar refractivity (Wildman–Crippen MR) is 65.2 cm³/mol. The van der Waals surface area contributed by atoms with Crippen molar-refractivity contribution in [2.75, 3.05) is 6.61 Å². The lowest BCUT2D eigenvalue weighted by Crippen LogP contribution is -2.41. The third-order valence-electron chi connectivity index (χ3n) is 2.93. The first-order valence-electron chi connectivity index (χ1n) is 5.51. The normalized spacial score (nSPS) is 30.3. The predicted octanol–water partition coefficient (Wildman–Crippen LogP) is 2.32. The Kier molecular flexibility index (Phi) is 3.62. The maximum Gasteiger partial charge on any atom is 0.0735 e. The van der Waals surface area contributed by atoms with Crippen LogP contribution in [0.3, 0.4) is 0 Å². The van der Waals surface area contributed by atoms with Crippen LogP contribution in [0, 0.1) is 0 Å². The van der Waals surface area contributed by atoms with Crippen LogP contribution in [0.1, 0.15) is 25.3 Å². The van der Waals surface area contributed by atoms with Gasteiger partial charge in [0.15, 0.2) is 0 Å². The van der Waals surface area contributed by atoms with Gasteiger partial charge in [-0.3, -0.25) is 4.98 Å². The Balaban J connectivity index is 2.08. The maximum atomic E-state index is 10.5. The number of hydrogen-bond acceptors (Lipinski definition) is 3. The lowest BCUT2D eigenvalue weighted by atomic mass is 9.85. The zero-order valence-corrected chi connectivity index (χ0v) is 10.9. The van der Waals surface area contributed by atoms with Gasteiger partial charge >= 0.3 is 0 Å². The molecule has 1 N–H and O–H groups in total. The van der Waals surface area contributed by atoms with Gasteiger partial charge in [0, 0.05) is 36.3 Å². The van der Waals surface area contributed by atoms with Crippen molar-refractivity contribution in [3.63, 3.8) is 0 Å². The van der Waals surface area contributed by atoms with Gasteiger partial charge in [-0.05, 0) is 40.9 Å². The summed E-state index contributed by atoms with van der Waals surface area (Å²) in [6, 6.07) is 2.01. The zero-order chi connectivity index (χ0) is 11.6. The molecule has 1 saturated heterocycles. The molecular formula is C12H16BrNO2. The summed E-state index contributed by atoms with van der Waals surface area (Å²) in [6.45, 7) is 2.64. The van der Waals surface area contributed by atoms with E-state index in [0.29, 0.717) is 25.9 Å². The zero-order valence-electron chi connectivity index (χ0n) is 9.32. The molecule has 2 atom stereocenters. The summed E-state index contributed by atoms with van der Waals surface area (Å²) in [5.74, 6) is 0. The number of pyridine rings is 1. The minimum Gasteiger partial charge on any atom is -0.389 e. The van der Waals surface area contributed by atoms with Crippen molar-refractivity contribution in [3.8, 4) is 0 Å². The summed E-state index contributed by atoms with van der Waals surface area (Å²) < 4.78 is 6.40. The lowest BCUT2D eigenvalue weighted by molar-refractivity contribution is -0.0961. The van der Waals surface area contributed by atoms with Crippen LogP contribution in [0.2, 0.25) is 0 Å². The molecule has 1 aromatic heterocycles. The van der Waals surface area contributed by atoms with E-state index in [9.17, 15) is 5.11 Å². The fraction of sp³-hybridized carbons (Fsp3) is 0.583. The third-order valence-corrected chi connectivity index (χ3v) is 3.37. The smallest absolute Gasteiger partial charge is 0.0735 e. The molecule has 16 heavy (non-hydrogen) atoms. The standard InChI is InChI=1S/C12H16BrNO2/c1-9-5-12(15,2-3-16-9)6-10-4-11(13)8-14-7-10/h4,7-9,15H,2-3,5-6H2,1H3. The van der Waals surface area contributed by atoms with Crippen LogP contribution in [0.25, 0.3) is 0 Å². The number of rotatable bonds is 2. The largest absolute Gasteiger partial charge is 0.389 e. The Morgan fingerprint density at radius 1 is 1.62 bits per heavy atom. The molecule has 0 bridgehead atoms. The summed E-state index contributed by atoms with van der Waals surface area (Å²) >= 11 is 3.39. The van der Waals surface area contributed by atoms with Crippen LogP contribution >= 0.6 is 15.9 Å². The van der Waals surface area contributed by atoms with Crippen molar-refractivity contribution in [1.29, 1.82) is 0 Å². The van der Waals surface area contributed by atoms with Gasteiger partial charge in [0.1, 0.15) is 0 Å². The second kappa shape index (κ2) is 4.82. The first kappa shape index (κ1) is 12.0. The Morgan fingerprint density at radius 3 is 3.12 bits per heavy atom. The Hall–Kier alpha value is -0.450. The molecule has 0 amide bonds. The topological polar surface area (TPSA) is 42.4 Å². The molecule has 2 rings (SSSR count). The average Bonchev–Trinajstić information content (AvgIpc) is 2.16. The van der Waals surface area contributed by atoms with Crippen LogP contribution in [0.5, 0.6) is 0 Å². The van der Waals surface area contributed by atoms with E-state index in [1.807, 2.05) is 19.2 Å². The van der Waals surface area contributed by atoms with Gasteiger partial charge in [-0.25, -0.2) is 0 Å². The summed E-state index contributed by atoms with van der Waals surface area (Å²) in [5.41, 5.74) is 0.422. The van der Waals surface area contributed by atoms with E-state index in [0.717, 1.165) is 10.0 Å². The van der Waals surface area contributed by atoms with Gasteiger partial charge in [0.2, 0.25) is 0 Å². The number of nitrogens with zero attached hydrogens (tertiary/aromatic N) is 1. The van der Waals surface area contributed by atoms with Gasteiger partial charge in [0.25, 0.3) is 0 Å². The molecule has 0 radical (unpaired) electrons. The summed E-state index contributed by atoms with van der Waals surface area (Å²) in [4.78, 5) is 4.11. The highest BCUT2D eigenvalue weighted by Gasteiger charge is 2.33. The van der Waals surface area contributed by atoms with Gasteiger partial charge in [0.05, 0.1) is 11.7 Å². The van der Waals surface area contributed by atoms with Crippen LogP contribution in [-0.2, 0) is 11.2 Å². The molecular weight excluding hydrogens is 270 g/mol. The lowest BCUT2D eigenvalue weighted by Gasteiger charge is -2.35. The van der Waals surface area contributed by atoms with E-state index in [2.05, 4.69) is 20.9 Å². The molecule has 88 valence electrons. The Morgan fingerprint density at radius 2 is 2.44 bits per heavy atom. The van der Waals surface area contributed by atoms with Crippen molar-refractivity contribution in [2.45, 2.75) is 37.9 Å². The second-order valence-corrected chi connectivity index (χ2v) is 5.46. The quantitative estimate of drug-likeness (QED) is 0.907. The van der Waals surface area contributed by atoms with E-state index in [1.165, 1.54) is 0 Å². The van der Waals surface area contributed by atoms with Gasteiger partial charge < -0.3 is 9.84 Å². The third kappa shape index (κ3) is 3.03. The van der Waals surface area contributed by atoms with E-state index >= 15 is 0 Å². The number of aromatic nitrogens is 1. The molecule has 4 heteroatoms. The van der Waals surface area contributed by atoms with Crippen LogP contribution in [0.15, 0.2) is 22.9 Å². The van der Waals surface area contributed by atoms with E-state index < -0.39 is 5.60 Å². The highest BCUT2D eigenvalue weighted by molar-refractivity contribution is 9.10. The van der Waals surface area contributed by atoms with Crippen molar-refractivity contribution in [3.05, 3.63) is 28.5 Å². The van der Waals surface area contributed by atoms with E-state index in [-0.39, 0.29) is 6.10 Å². The molecule has 3 nitrogen and oxygen atoms in total. The van der Waals surface area contributed by atoms with Gasteiger partial charge in [-0.2, -0.15) is 0 Å². The summed E-state index contributed by atoms with van der Waals surface area (Å²) in [6.07, 6.45) is 5.73. The minimum absolute atomic E-state index is 0.138. The fourth-order valence-corrected chi connectivity index (χ4v) is 2.65. The van der Waals surface area contributed by atoms with Gasteiger partial charge in [-0.15, -0.1) is 0 Å². The summed E-state index contributed by atoms with van der Waals surface area (Å²) in [7, 11) is 0. The molecule has 2 heterocycles. The molecule has 1 fully saturated rings. The molecule has 0 saturated carbocycles. The van der Waals surface area contributed by atoms with Crippen molar-refractivity contribution in [2.24, 2.45) is 0 Å². The van der Waals surface area contributed by atoms with Crippen LogP contribution in [0.4, 0.5) is 0 Å². The van der Waals surface area contributed by atoms with Gasteiger partial charge in [-0.1, -0.05) is 0 Å².